The number of sulfonamides is 1. The van der Waals surface area contributed by atoms with E-state index in [4.69, 9.17) is 9.47 Å². The Morgan fingerprint density at radius 2 is 2.03 bits per heavy atom. The number of aliphatic imine (C=N–C) groups is 1. The fourth-order valence-corrected chi connectivity index (χ4v) is 4.25. The van der Waals surface area contributed by atoms with Crippen molar-refractivity contribution in [3.63, 3.8) is 0 Å². The lowest BCUT2D eigenvalue weighted by Crippen LogP contribution is -2.42. The summed E-state index contributed by atoms with van der Waals surface area (Å²) in [5.41, 5.74) is 2.04. The smallest absolute Gasteiger partial charge is 0.240 e. The van der Waals surface area contributed by atoms with Crippen LogP contribution in [-0.4, -0.2) is 54.3 Å². The van der Waals surface area contributed by atoms with Gasteiger partial charge in [0, 0.05) is 33.7 Å². The predicted molar refractivity (Wildman–Crippen MR) is 116 cm³/mol. The molecule has 162 valence electrons. The number of rotatable bonds is 9. The van der Waals surface area contributed by atoms with E-state index in [-0.39, 0.29) is 17.5 Å². The van der Waals surface area contributed by atoms with Crippen LogP contribution in [0.2, 0.25) is 0 Å². The highest BCUT2D eigenvalue weighted by atomic mass is 32.2. The minimum absolute atomic E-state index is 0.0487. The number of guanidine groups is 1. The van der Waals surface area contributed by atoms with Gasteiger partial charge >= 0.3 is 0 Å². The molecule has 0 saturated heterocycles. The number of ether oxygens (including phenoxy) is 2. The molecule has 0 amide bonds. The van der Waals surface area contributed by atoms with E-state index in [0.29, 0.717) is 25.7 Å². The van der Waals surface area contributed by atoms with E-state index in [1.165, 1.54) is 12.7 Å². The molecule has 1 aliphatic rings. The summed E-state index contributed by atoms with van der Waals surface area (Å²) in [4.78, 5) is 4.45. The average molecular weight is 433 g/mol. The Morgan fingerprint density at radius 3 is 2.80 bits per heavy atom. The topological polar surface area (TPSA) is 101 Å². The lowest BCUT2D eigenvalue weighted by atomic mass is 10.1. The van der Waals surface area contributed by atoms with Crippen molar-refractivity contribution >= 4 is 16.0 Å². The molecule has 3 rings (SSSR count). The van der Waals surface area contributed by atoms with Gasteiger partial charge in [-0.1, -0.05) is 30.3 Å². The lowest BCUT2D eigenvalue weighted by molar-refractivity contribution is 0.204. The van der Waals surface area contributed by atoms with E-state index >= 15 is 0 Å². The summed E-state index contributed by atoms with van der Waals surface area (Å²) in [7, 11) is -0.345. The summed E-state index contributed by atoms with van der Waals surface area (Å²) in [5, 5.41) is 6.47. The molecule has 2 aromatic rings. The third-order valence-electron chi connectivity index (χ3n) is 4.70. The van der Waals surface area contributed by atoms with Crippen molar-refractivity contribution in [2.45, 2.75) is 24.0 Å². The molecule has 0 fully saturated rings. The third kappa shape index (κ3) is 5.94. The van der Waals surface area contributed by atoms with Crippen LogP contribution in [0.25, 0.3) is 0 Å². The first kappa shape index (κ1) is 22.1. The van der Waals surface area contributed by atoms with Gasteiger partial charge in [-0.15, -0.1) is 0 Å². The quantitative estimate of drug-likeness (QED) is 0.314. The van der Waals surface area contributed by atoms with Crippen LogP contribution in [0, 0.1) is 0 Å². The molecule has 0 aliphatic carbocycles. The molecule has 1 atom stereocenters. The molecule has 0 spiro atoms. The molecule has 3 N–H and O–H groups in total. The van der Waals surface area contributed by atoms with Gasteiger partial charge in [-0.25, -0.2) is 13.1 Å². The van der Waals surface area contributed by atoms with E-state index in [0.717, 1.165) is 17.7 Å². The first-order valence-corrected chi connectivity index (χ1v) is 11.3. The van der Waals surface area contributed by atoms with Crippen molar-refractivity contribution in [2.24, 2.45) is 4.99 Å². The standard InChI is InChI=1S/C21H28N4O4S/c1-22-21(24-15-18-13-17-7-3-4-9-20(17)29-18)23-14-16-6-5-8-19(12-16)30(26,27)25-10-11-28-2/h3-9,12,18,25H,10-11,13-15H2,1-2H3,(H2,22,23,24). The molecule has 0 aromatic heterocycles. The van der Waals surface area contributed by atoms with Crippen LogP contribution in [0.4, 0.5) is 0 Å². The number of nitrogens with zero attached hydrogens (tertiary/aromatic N) is 1. The molecule has 1 heterocycles. The summed E-state index contributed by atoms with van der Waals surface area (Å²) in [6, 6.07) is 14.8. The van der Waals surface area contributed by atoms with Crippen LogP contribution in [0.5, 0.6) is 5.75 Å². The van der Waals surface area contributed by atoms with Crippen LogP contribution in [-0.2, 0) is 27.7 Å². The van der Waals surface area contributed by atoms with Gasteiger partial charge in [0.25, 0.3) is 0 Å². The zero-order chi connectivity index (χ0) is 21.4. The molecular formula is C21H28N4O4S. The minimum atomic E-state index is -3.57. The number of nitrogens with one attached hydrogen (secondary N) is 3. The van der Waals surface area contributed by atoms with E-state index in [2.05, 4.69) is 26.4 Å². The molecular weight excluding hydrogens is 404 g/mol. The predicted octanol–water partition coefficient (Wildman–Crippen LogP) is 1.28. The average Bonchev–Trinajstić information content (AvgIpc) is 3.17. The number of benzene rings is 2. The van der Waals surface area contributed by atoms with Crippen LogP contribution < -0.4 is 20.1 Å². The zero-order valence-corrected chi connectivity index (χ0v) is 18.0. The Morgan fingerprint density at radius 1 is 1.20 bits per heavy atom. The van der Waals surface area contributed by atoms with Gasteiger partial charge in [0.05, 0.1) is 18.0 Å². The van der Waals surface area contributed by atoms with Gasteiger partial charge in [0.2, 0.25) is 10.0 Å². The first-order chi connectivity index (χ1) is 14.5. The molecule has 0 saturated carbocycles. The first-order valence-electron chi connectivity index (χ1n) is 9.78. The summed E-state index contributed by atoms with van der Waals surface area (Å²) >= 11 is 0. The Labute approximate surface area is 177 Å². The van der Waals surface area contributed by atoms with Gasteiger partial charge < -0.3 is 20.1 Å². The van der Waals surface area contributed by atoms with Gasteiger partial charge in [0.15, 0.2) is 5.96 Å². The van der Waals surface area contributed by atoms with Crippen molar-refractivity contribution in [3.8, 4) is 5.75 Å². The van der Waals surface area contributed by atoms with Crippen molar-refractivity contribution in [3.05, 3.63) is 59.7 Å². The molecule has 1 aliphatic heterocycles. The van der Waals surface area contributed by atoms with Crippen molar-refractivity contribution in [2.75, 3.05) is 33.9 Å². The number of fused-ring (bicyclic) bond motifs is 1. The normalized spacial score (nSPS) is 16.1. The molecule has 1 unspecified atom stereocenters. The monoisotopic (exact) mass is 432 g/mol. The molecule has 2 aromatic carbocycles. The maximum absolute atomic E-state index is 12.4. The van der Waals surface area contributed by atoms with E-state index in [1.807, 2.05) is 24.3 Å². The van der Waals surface area contributed by atoms with Crippen LogP contribution in [0.1, 0.15) is 11.1 Å². The fourth-order valence-electron chi connectivity index (χ4n) is 3.17. The second kappa shape index (κ2) is 10.4. The zero-order valence-electron chi connectivity index (χ0n) is 17.2. The largest absolute Gasteiger partial charge is 0.488 e. The maximum atomic E-state index is 12.4. The minimum Gasteiger partial charge on any atom is -0.488 e. The fraction of sp³-hybridized carbons (Fsp3) is 0.381. The molecule has 0 radical (unpaired) electrons. The Balaban J connectivity index is 1.50. The van der Waals surface area contributed by atoms with Crippen LogP contribution in [0.3, 0.4) is 0 Å². The summed E-state index contributed by atoms with van der Waals surface area (Å²) < 4.78 is 38.1. The Hall–Kier alpha value is -2.62. The number of methoxy groups -OCH3 is 1. The van der Waals surface area contributed by atoms with Gasteiger partial charge in [0.1, 0.15) is 11.9 Å². The summed E-state index contributed by atoms with van der Waals surface area (Å²) in [6.45, 7) is 1.60. The molecule has 9 heteroatoms. The van der Waals surface area contributed by atoms with E-state index in [9.17, 15) is 8.42 Å². The van der Waals surface area contributed by atoms with Gasteiger partial charge in [-0.2, -0.15) is 0 Å². The van der Waals surface area contributed by atoms with Crippen molar-refractivity contribution in [1.82, 2.24) is 15.4 Å². The summed E-state index contributed by atoms with van der Waals surface area (Å²) in [6.07, 6.45) is 0.906. The molecule has 0 bridgehead atoms. The second-order valence-electron chi connectivity index (χ2n) is 6.90. The lowest BCUT2D eigenvalue weighted by Gasteiger charge is -2.16. The second-order valence-corrected chi connectivity index (χ2v) is 8.66. The highest BCUT2D eigenvalue weighted by Crippen LogP contribution is 2.27. The Kier molecular flexibility index (Phi) is 7.67. The number of hydrogen-bond acceptors (Lipinski definition) is 5. The summed E-state index contributed by atoms with van der Waals surface area (Å²) in [5.74, 6) is 1.56. The van der Waals surface area contributed by atoms with Gasteiger partial charge in [-0.05, 0) is 29.3 Å². The maximum Gasteiger partial charge on any atom is 0.240 e. The van der Waals surface area contributed by atoms with Crippen molar-refractivity contribution < 1.29 is 17.9 Å². The molecule has 8 nitrogen and oxygen atoms in total. The Bertz CT molecular complexity index is 953. The van der Waals surface area contributed by atoms with Crippen molar-refractivity contribution in [1.29, 1.82) is 0 Å². The number of para-hydroxylation sites is 1. The highest BCUT2D eigenvalue weighted by molar-refractivity contribution is 7.89. The van der Waals surface area contributed by atoms with Gasteiger partial charge in [-0.3, -0.25) is 4.99 Å². The molecule has 30 heavy (non-hydrogen) atoms. The number of hydrogen-bond donors (Lipinski definition) is 3. The highest BCUT2D eigenvalue weighted by Gasteiger charge is 2.22. The third-order valence-corrected chi connectivity index (χ3v) is 6.16. The van der Waals surface area contributed by atoms with Crippen LogP contribution in [0.15, 0.2) is 58.4 Å². The van der Waals surface area contributed by atoms with E-state index in [1.54, 1.807) is 25.2 Å². The van der Waals surface area contributed by atoms with E-state index < -0.39 is 10.0 Å². The van der Waals surface area contributed by atoms with Crippen LogP contribution >= 0.6 is 0 Å². The SMILES string of the molecule is CN=C(NCc1cccc(S(=O)(=O)NCCOC)c1)NCC1Cc2ccccc2O1.